The quantitative estimate of drug-likeness (QED) is 0.697. The third-order valence-electron chi connectivity index (χ3n) is 3.00. The number of benzene rings is 1. The van der Waals surface area contributed by atoms with Gasteiger partial charge in [0.1, 0.15) is 11.8 Å². The highest BCUT2D eigenvalue weighted by molar-refractivity contribution is 5.73. The molecule has 0 saturated carbocycles. The van der Waals surface area contributed by atoms with Gasteiger partial charge < -0.3 is 10.2 Å². The number of carboxylic acid groups (broad SMARTS) is 1. The van der Waals surface area contributed by atoms with Gasteiger partial charge in [0, 0.05) is 11.6 Å². The van der Waals surface area contributed by atoms with E-state index in [0.29, 0.717) is 6.42 Å². The zero-order chi connectivity index (χ0) is 13.5. The average molecular weight is 251 g/mol. The summed E-state index contributed by atoms with van der Waals surface area (Å²) in [7, 11) is 0. The molecule has 2 atom stereocenters. The molecule has 100 valence electrons. The smallest absolute Gasteiger partial charge is 0.320 e. The summed E-state index contributed by atoms with van der Waals surface area (Å²) in [6.07, 6.45) is 2.12. The number of phenolic OH excluding ortho intramolecular Hbond substituents is 1. The Hall–Kier alpha value is -1.55. The van der Waals surface area contributed by atoms with Crippen LogP contribution in [0.2, 0.25) is 0 Å². The van der Waals surface area contributed by atoms with Gasteiger partial charge in [-0.05, 0) is 18.9 Å². The second-order valence-corrected chi connectivity index (χ2v) is 4.37. The van der Waals surface area contributed by atoms with E-state index in [-0.39, 0.29) is 11.8 Å². The molecule has 0 aliphatic rings. The molecular formula is C14H21NO3. The van der Waals surface area contributed by atoms with E-state index in [1.807, 2.05) is 26.0 Å². The van der Waals surface area contributed by atoms with Crippen LogP contribution in [0, 0.1) is 0 Å². The highest BCUT2D eigenvalue weighted by Gasteiger charge is 2.22. The minimum atomic E-state index is -0.842. The normalized spacial score (nSPS) is 14.1. The molecule has 4 heteroatoms. The molecule has 1 aromatic carbocycles. The molecule has 0 fully saturated rings. The number of phenols is 1. The van der Waals surface area contributed by atoms with E-state index in [4.69, 9.17) is 5.11 Å². The van der Waals surface area contributed by atoms with Crippen LogP contribution >= 0.6 is 0 Å². The van der Waals surface area contributed by atoms with E-state index < -0.39 is 12.0 Å². The van der Waals surface area contributed by atoms with Gasteiger partial charge in [-0.2, -0.15) is 0 Å². The number of aromatic hydroxyl groups is 1. The first kappa shape index (κ1) is 14.5. The summed E-state index contributed by atoms with van der Waals surface area (Å²) in [5.74, 6) is -0.636. The number of hydrogen-bond donors (Lipinski definition) is 3. The van der Waals surface area contributed by atoms with Gasteiger partial charge in [0.05, 0.1) is 0 Å². The molecule has 0 bridgehead atoms. The molecule has 0 aliphatic heterocycles. The highest BCUT2D eigenvalue weighted by atomic mass is 16.4. The van der Waals surface area contributed by atoms with Gasteiger partial charge in [0.2, 0.25) is 0 Å². The van der Waals surface area contributed by atoms with E-state index in [1.165, 1.54) is 0 Å². The Kier molecular flexibility index (Phi) is 5.65. The molecule has 1 rings (SSSR count). The molecule has 18 heavy (non-hydrogen) atoms. The van der Waals surface area contributed by atoms with Crippen molar-refractivity contribution in [3.05, 3.63) is 29.8 Å². The van der Waals surface area contributed by atoms with Gasteiger partial charge in [-0.1, -0.05) is 38.5 Å². The van der Waals surface area contributed by atoms with Crippen LogP contribution in [-0.2, 0) is 4.79 Å². The van der Waals surface area contributed by atoms with Crippen LogP contribution in [0.4, 0.5) is 0 Å². The minimum absolute atomic E-state index is 0.140. The Morgan fingerprint density at radius 3 is 2.50 bits per heavy atom. The lowest BCUT2D eigenvalue weighted by atomic mass is 10.0. The Morgan fingerprint density at radius 1 is 1.33 bits per heavy atom. The molecule has 3 N–H and O–H groups in total. The fraction of sp³-hybridized carbons (Fsp3) is 0.500. The Balaban J connectivity index is 2.84. The zero-order valence-corrected chi connectivity index (χ0v) is 10.9. The molecular weight excluding hydrogens is 230 g/mol. The summed E-state index contributed by atoms with van der Waals surface area (Å²) < 4.78 is 0. The van der Waals surface area contributed by atoms with Crippen molar-refractivity contribution in [1.82, 2.24) is 5.32 Å². The summed E-state index contributed by atoms with van der Waals surface area (Å²) in [5.41, 5.74) is 0.752. The van der Waals surface area contributed by atoms with Crippen molar-refractivity contribution in [2.45, 2.75) is 45.2 Å². The van der Waals surface area contributed by atoms with Gasteiger partial charge >= 0.3 is 5.97 Å². The van der Waals surface area contributed by atoms with Crippen molar-refractivity contribution < 1.29 is 15.0 Å². The van der Waals surface area contributed by atoms with Crippen LogP contribution in [0.3, 0.4) is 0 Å². The third-order valence-corrected chi connectivity index (χ3v) is 3.00. The summed E-state index contributed by atoms with van der Waals surface area (Å²) in [6.45, 7) is 3.92. The topological polar surface area (TPSA) is 69.6 Å². The molecule has 2 unspecified atom stereocenters. The minimum Gasteiger partial charge on any atom is -0.508 e. The van der Waals surface area contributed by atoms with Crippen molar-refractivity contribution in [2.24, 2.45) is 0 Å². The average Bonchev–Trinajstić information content (AvgIpc) is 2.35. The van der Waals surface area contributed by atoms with Gasteiger partial charge in [-0.15, -0.1) is 0 Å². The maximum absolute atomic E-state index is 11.1. The Bertz CT molecular complexity index is 392. The van der Waals surface area contributed by atoms with Crippen LogP contribution < -0.4 is 5.32 Å². The van der Waals surface area contributed by atoms with Crippen LogP contribution in [0.1, 0.15) is 44.7 Å². The Labute approximate surface area is 108 Å². The predicted molar refractivity (Wildman–Crippen MR) is 70.6 cm³/mol. The van der Waals surface area contributed by atoms with Gasteiger partial charge in [-0.25, -0.2) is 0 Å². The lowest BCUT2D eigenvalue weighted by Gasteiger charge is -2.23. The molecule has 0 amide bonds. The van der Waals surface area contributed by atoms with Crippen molar-refractivity contribution in [1.29, 1.82) is 0 Å². The van der Waals surface area contributed by atoms with E-state index in [0.717, 1.165) is 18.4 Å². The molecule has 1 aromatic rings. The van der Waals surface area contributed by atoms with Gasteiger partial charge in [-0.3, -0.25) is 10.1 Å². The van der Waals surface area contributed by atoms with Gasteiger partial charge in [0.15, 0.2) is 0 Å². The first-order valence-electron chi connectivity index (χ1n) is 6.36. The number of carboxylic acids is 1. The van der Waals surface area contributed by atoms with Crippen LogP contribution in [-0.4, -0.2) is 22.2 Å². The SMILES string of the molecule is CCCC(NC(CC)c1ccccc1O)C(=O)O. The number of hydrogen-bond acceptors (Lipinski definition) is 3. The fourth-order valence-corrected chi connectivity index (χ4v) is 2.02. The van der Waals surface area contributed by atoms with Crippen molar-refractivity contribution in [3.8, 4) is 5.75 Å². The van der Waals surface area contributed by atoms with Gasteiger partial charge in [0.25, 0.3) is 0 Å². The number of rotatable bonds is 7. The summed E-state index contributed by atoms with van der Waals surface area (Å²) in [4.78, 5) is 11.1. The molecule has 0 saturated heterocycles. The number of aliphatic carboxylic acids is 1. The second-order valence-electron chi connectivity index (χ2n) is 4.37. The predicted octanol–water partition coefficient (Wildman–Crippen LogP) is 2.69. The molecule has 0 heterocycles. The first-order valence-corrected chi connectivity index (χ1v) is 6.36. The van der Waals surface area contributed by atoms with E-state index in [9.17, 15) is 9.90 Å². The largest absolute Gasteiger partial charge is 0.508 e. The lowest BCUT2D eigenvalue weighted by Crippen LogP contribution is -2.38. The van der Waals surface area contributed by atoms with Crippen molar-refractivity contribution in [2.75, 3.05) is 0 Å². The molecule has 0 aromatic heterocycles. The third kappa shape index (κ3) is 3.74. The molecule has 0 radical (unpaired) electrons. The fourth-order valence-electron chi connectivity index (χ4n) is 2.02. The number of carbonyl (C=O) groups is 1. The summed E-state index contributed by atoms with van der Waals surface area (Å²) in [6, 6.07) is 6.33. The Morgan fingerprint density at radius 2 is 2.00 bits per heavy atom. The molecule has 0 aliphatic carbocycles. The maximum atomic E-state index is 11.1. The second kappa shape index (κ2) is 7.01. The van der Waals surface area contributed by atoms with E-state index >= 15 is 0 Å². The first-order chi connectivity index (χ1) is 8.60. The monoisotopic (exact) mass is 251 g/mol. The standard InChI is InChI=1S/C14H21NO3/c1-3-7-12(14(17)18)15-11(4-2)10-8-5-6-9-13(10)16/h5-6,8-9,11-12,15-16H,3-4,7H2,1-2H3,(H,17,18). The van der Waals surface area contributed by atoms with Crippen LogP contribution in [0.25, 0.3) is 0 Å². The van der Waals surface area contributed by atoms with Crippen molar-refractivity contribution in [3.63, 3.8) is 0 Å². The van der Waals surface area contributed by atoms with E-state index in [2.05, 4.69) is 5.32 Å². The summed E-state index contributed by atoms with van der Waals surface area (Å²) >= 11 is 0. The number of nitrogens with one attached hydrogen (secondary N) is 1. The summed E-state index contributed by atoms with van der Waals surface area (Å²) in [5, 5.41) is 22.0. The zero-order valence-electron chi connectivity index (χ0n) is 10.9. The van der Waals surface area contributed by atoms with E-state index in [1.54, 1.807) is 12.1 Å². The highest BCUT2D eigenvalue weighted by Crippen LogP contribution is 2.26. The molecule has 0 spiro atoms. The van der Waals surface area contributed by atoms with Crippen LogP contribution in [0.15, 0.2) is 24.3 Å². The lowest BCUT2D eigenvalue weighted by molar-refractivity contribution is -0.139. The maximum Gasteiger partial charge on any atom is 0.320 e. The number of para-hydroxylation sites is 1. The molecule has 4 nitrogen and oxygen atoms in total. The van der Waals surface area contributed by atoms with Crippen LogP contribution in [0.5, 0.6) is 5.75 Å². The van der Waals surface area contributed by atoms with Crippen molar-refractivity contribution >= 4 is 5.97 Å².